The number of benzene rings is 4. The molecule has 242 valence electrons. The number of para-hydroxylation sites is 2. The highest BCUT2D eigenvalue weighted by atomic mass is 16.5. The van der Waals surface area contributed by atoms with Crippen molar-refractivity contribution in [3.8, 4) is 11.5 Å². The fraction of sp³-hybridized carbons (Fsp3) is 0.333. The Balaban J connectivity index is 1.38. The van der Waals surface area contributed by atoms with Gasteiger partial charge in [0.2, 0.25) is 0 Å². The Bertz CT molecular complexity index is 1810. The van der Waals surface area contributed by atoms with Gasteiger partial charge in [-0.15, -0.1) is 0 Å². The zero-order chi connectivity index (χ0) is 32.9. The van der Waals surface area contributed by atoms with Crippen molar-refractivity contribution in [3.63, 3.8) is 0 Å². The summed E-state index contributed by atoms with van der Waals surface area (Å²) in [6, 6.07) is 31.2. The predicted octanol–water partition coefficient (Wildman–Crippen LogP) is 6.51. The van der Waals surface area contributed by atoms with E-state index in [-0.39, 0.29) is 36.9 Å². The third-order valence-corrected chi connectivity index (χ3v) is 10.4. The number of aliphatic hydroxyl groups is 1. The van der Waals surface area contributed by atoms with Gasteiger partial charge in [-0.3, -0.25) is 14.5 Å². The molecule has 4 aromatic carbocycles. The first-order valence-electron chi connectivity index (χ1n) is 16.2. The summed E-state index contributed by atoms with van der Waals surface area (Å²) in [5.74, 6) is 0.647. The summed E-state index contributed by atoms with van der Waals surface area (Å²) in [5.41, 5.74) is 3.12. The van der Waals surface area contributed by atoms with E-state index in [2.05, 4.69) is 32.9 Å². The first-order valence-corrected chi connectivity index (χ1v) is 16.2. The molecule has 0 aliphatic carbocycles. The Morgan fingerprint density at radius 3 is 2.38 bits per heavy atom. The van der Waals surface area contributed by atoms with Crippen molar-refractivity contribution in [1.82, 2.24) is 0 Å². The van der Waals surface area contributed by atoms with Crippen LogP contribution in [0.15, 0.2) is 97.1 Å². The number of fused-ring (bicyclic) bond motifs is 3. The topological polar surface area (TPSA) is 88.5 Å². The maximum Gasteiger partial charge on any atom is 0.269 e. The molecule has 0 unspecified atom stereocenters. The highest BCUT2D eigenvalue weighted by Crippen LogP contribution is 2.60. The van der Waals surface area contributed by atoms with Gasteiger partial charge < -0.3 is 24.2 Å². The Morgan fingerprint density at radius 1 is 0.936 bits per heavy atom. The maximum absolute atomic E-state index is 15.0. The molecule has 47 heavy (non-hydrogen) atoms. The normalized spacial score (nSPS) is 23.6. The van der Waals surface area contributed by atoms with E-state index in [0.717, 1.165) is 28.1 Å². The number of ether oxygens (including phenoxy) is 3. The molecular formula is C39H40N2O6. The second kappa shape index (κ2) is 11.9. The predicted molar refractivity (Wildman–Crippen MR) is 180 cm³/mol. The van der Waals surface area contributed by atoms with Crippen LogP contribution in [-0.4, -0.2) is 43.3 Å². The molecule has 2 amide bonds. The molecule has 4 aromatic rings. The zero-order valence-electron chi connectivity index (χ0n) is 27.2. The van der Waals surface area contributed by atoms with Crippen molar-refractivity contribution in [2.45, 2.75) is 50.9 Å². The minimum atomic E-state index is -1.33. The lowest BCUT2D eigenvalue weighted by Gasteiger charge is -2.38. The lowest BCUT2D eigenvalue weighted by molar-refractivity contribution is -0.146. The number of methoxy groups -OCH3 is 1. The third-order valence-electron chi connectivity index (χ3n) is 10.4. The van der Waals surface area contributed by atoms with Gasteiger partial charge in [-0.1, -0.05) is 75.4 Å². The van der Waals surface area contributed by atoms with Crippen molar-refractivity contribution in [2.75, 3.05) is 30.1 Å². The summed E-state index contributed by atoms with van der Waals surface area (Å²) in [4.78, 5) is 31.9. The summed E-state index contributed by atoms with van der Waals surface area (Å²) in [7, 11) is 1.65. The van der Waals surface area contributed by atoms with Gasteiger partial charge >= 0.3 is 0 Å². The number of hydrogen-bond donors (Lipinski definition) is 1. The number of hydrogen-bond acceptors (Lipinski definition) is 6. The van der Waals surface area contributed by atoms with Gasteiger partial charge in [-0.2, -0.15) is 0 Å². The number of carbonyl (C=O) groups excluding carboxylic acids is 2. The molecule has 3 heterocycles. The van der Waals surface area contributed by atoms with Crippen molar-refractivity contribution in [2.24, 2.45) is 11.8 Å². The van der Waals surface area contributed by atoms with E-state index in [1.54, 1.807) is 12.0 Å². The van der Waals surface area contributed by atoms with Crippen molar-refractivity contribution < 1.29 is 28.9 Å². The van der Waals surface area contributed by atoms with Crippen LogP contribution >= 0.6 is 0 Å². The van der Waals surface area contributed by atoms with Crippen LogP contribution < -0.4 is 19.3 Å². The van der Waals surface area contributed by atoms with Crippen molar-refractivity contribution in [3.05, 3.63) is 114 Å². The van der Waals surface area contributed by atoms with Gasteiger partial charge in [0.1, 0.15) is 11.5 Å². The summed E-state index contributed by atoms with van der Waals surface area (Å²) < 4.78 is 18.2. The molecule has 1 spiro atoms. The number of rotatable bonds is 8. The van der Waals surface area contributed by atoms with E-state index >= 15 is 4.79 Å². The summed E-state index contributed by atoms with van der Waals surface area (Å²) in [5, 5.41) is 10.3. The molecule has 0 bridgehead atoms. The van der Waals surface area contributed by atoms with Crippen LogP contribution in [0.25, 0.3) is 0 Å². The standard InChI is InChI=1S/C39H40N2O6/c1-25-36(38(2,3)27-14-17-29(45-4)18-15-27)34(20-21-42)47-39(25)30-22-28(41-32-12-8-9-13-33(32)46-24-35(41)43)16-19-31(30)40(37(39)44)23-26-10-6-5-7-11-26/h5-19,22,25,34,36,42H,20-21,23-24H2,1-4H3/t25-,34+,36-,39+/m0/s1. The number of amides is 2. The van der Waals surface area contributed by atoms with E-state index in [0.29, 0.717) is 30.1 Å². The van der Waals surface area contributed by atoms with Crippen LogP contribution in [0.1, 0.15) is 43.9 Å². The second-order valence-corrected chi connectivity index (χ2v) is 13.2. The molecule has 0 saturated carbocycles. The van der Waals surface area contributed by atoms with Gasteiger partial charge in [0, 0.05) is 29.7 Å². The summed E-state index contributed by atoms with van der Waals surface area (Å²) in [6.07, 6.45) is -0.0258. The molecular weight excluding hydrogens is 592 g/mol. The van der Waals surface area contributed by atoms with Crippen LogP contribution in [0.5, 0.6) is 11.5 Å². The monoisotopic (exact) mass is 632 g/mol. The summed E-state index contributed by atoms with van der Waals surface area (Å²) in [6.45, 7) is 6.69. The molecule has 3 aliphatic heterocycles. The molecule has 7 rings (SSSR count). The van der Waals surface area contributed by atoms with E-state index in [1.807, 2.05) is 89.8 Å². The molecule has 1 N–H and O–H groups in total. The lowest BCUT2D eigenvalue weighted by Crippen LogP contribution is -2.45. The lowest BCUT2D eigenvalue weighted by atomic mass is 9.63. The quantitative estimate of drug-likeness (QED) is 0.239. The summed E-state index contributed by atoms with van der Waals surface area (Å²) >= 11 is 0. The number of nitrogens with zero attached hydrogens (tertiary/aromatic N) is 2. The van der Waals surface area contributed by atoms with Gasteiger partial charge in [-0.25, -0.2) is 0 Å². The van der Waals surface area contributed by atoms with Crippen LogP contribution in [-0.2, 0) is 31.9 Å². The molecule has 1 fully saturated rings. The average molecular weight is 633 g/mol. The van der Waals surface area contributed by atoms with Gasteiger partial charge in [0.05, 0.1) is 31.1 Å². The molecule has 3 aliphatic rings. The minimum absolute atomic E-state index is 0.0729. The van der Waals surface area contributed by atoms with Crippen LogP contribution in [0.2, 0.25) is 0 Å². The maximum atomic E-state index is 15.0. The van der Waals surface area contributed by atoms with E-state index in [4.69, 9.17) is 14.2 Å². The Hall–Kier alpha value is -4.66. The van der Waals surface area contributed by atoms with Crippen molar-refractivity contribution in [1.29, 1.82) is 0 Å². The van der Waals surface area contributed by atoms with Crippen molar-refractivity contribution >= 4 is 28.9 Å². The van der Waals surface area contributed by atoms with E-state index in [9.17, 15) is 9.90 Å². The Kier molecular flexibility index (Phi) is 7.81. The smallest absolute Gasteiger partial charge is 0.269 e. The molecule has 8 nitrogen and oxygen atoms in total. The van der Waals surface area contributed by atoms with Gasteiger partial charge in [-0.05, 0) is 65.4 Å². The highest BCUT2D eigenvalue weighted by molar-refractivity contribution is 6.09. The van der Waals surface area contributed by atoms with Crippen LogP contribution in [0.3, 0.4) is 0 Å². The van der Waals surface area contributed by atoms with E-state index in [1.165, 1.54) is 0 Å². The first-order chi connectivity index (χ1) is 22.7. The van der Waals surface area contributed by atoms with Crippen LogP contribution in [0, 0.1) is 11.8 Å². The highest BCUT2D eigenvalue weighted by Gasteiger charge is 2.66. The van der Waals surface area contributed by atoms with Crippen LogP contribution in [0.4, 0.5) is 17.1 Å². The van der Waals surface area contributed by atoms with E-state index < -0.39 is 17.1 Å². The zero-order valence-corrected chi connectivity index (χ0v) is 27.2. The Labute approximate surface area is 275 Å². The number of aliphatic hydroxyl groups excluding tert-OH is 1. The molecule has 8 heteroatoms. The minimum Gasteiger partial charge on any atom is -0.497 e. The molecule has 0 aromatic heterocycles. The number of carbonyl (C=O) groups is 2. The first kappa shape index (κ1) is 31.0. The molecule has 1 saturated heterocycles. The SMILES string of the molecule is COc1ccc(C(C)(C)[C@@H]2[C@@H](CCO)O[C@]3(C(=O)N(Cc4ccccc4)c4ccc(N5C(=O)COc6ccccc65)cc43)[C@H]2C)cc1. The number of anilines is 3. The second-order valence-electron chi connectivity index (χ2n) is 13.2. The van der Waals surface area contributed by atoms with Gasteiger partial charge in [0.15, 0.2) is 12.2 Å². The largest absolute Gasteiger partial charge is 0.497 e. The third kappa shape index (κ3) is 4.89. The molecule has 4 atom stereocenters. The Morgan fingerprint density at radius 2 is 1.66 bits per heavy atom. The average Bonchev–Trinajstić information content (AvgIpc) is 3.51. The fourth-order valence-electron chi connectivity index (χ4n) is 8.15. The van der Waals surface area contributed by atoms with Gasteiger partial charge in [0.25, 0.3) is 11.8 Å². The fourth-order valence-corrected chi connectivity index (χ4v) is 8.15. The molecule has 0 radical (unpaired) electrons.